The standard InChI is InChI=1S/C10H14.C3H6N.H2O/c1-3-9(2)10-7-5-4-6-8-10;1-3-4-2;/h4-9H,3H2,1-2H3;2H,3H2,1H3;1H2/q;+1;/p-1. The molecule has 0 amide bonds. The van der Waals surface area contributed by atoms with Gasteiger partial charge in [0.25, 0.3) is 13.1 Å². The summed E-state index contributed by atoms with van der Waals surface area (Å²) < 4.78 is 0. The van der Waals surface area contributed by atoms with Gasteiger partial charge in [-0.25, -0.2) is 0 Å². The number of hydrogen-bond acceptors (Lipinski definition) is 1. The smallest absolute Gasteiger partial charge is 0.260 e. The van der Waals surface area contributed by atoms with E-state index >= 15 is 0 Å². The second-order valence-electron chi connectivity index (χ2n) is 3.22. The lowest BCUT2D eigenvalue weighted by atomic mass is 9.99. The van der Waals surface area contributed by atoms with Crippen molar-refractivity contribution in [3.05, 3.63) is 40.7 Å². The molecule has 0 radical (unpaired) electrons. The predicted octanol–water partition coefficient (Wildman–Crippen LogP) is 3.99. The van der Waals surface area contributed by atoms with Crippen LogP contribution in [-0.2, 0) is 0 Å². The van der Waals surface area contributed by atoms with E-state index in [4.69, 9.17) is 0 Å². The first-order valence-corrected chi connectivity index (χ1v) is 5.17. The molecule has 0 spiro atoms. The summed E-state index contributed by atoms with van der Waals surface area (Å²) in [4.78, 5) is 3.24. The van der Waals surface area contributed by atoms with Crippen molar-refractivity contribution >= 4 is 0 Å². The van der Waals surface area contributed by atoms with Crippen LogP contribution in [0.5, 0.6) is 0 Å². The van der Waals surface area contributed by atoms with E-state index in [9.17, 15) is 0 Å². The van der Waals surface area contributed by atoms with E-state index in [0.29, 0.717) is 5.92 Å². The molecule has 0 heterocycles. The minimum absolute atomic E-state index is 0. The molecule has 1 rings (SSSR count). The van der Waals surface area contributed by atoms with Crippen molar-refractivity contribution in [1.82, 2.24) is 0 Å². The van der Waals surface area contributed by atoms with Gasteiger partial charge in [-0.15, -0.1) is 0 Å². The van der Waals surface area contributed by atoms with Crippen LogP contribution in [0.2, 0.25) is 0 Å². The molecular formula is C13H21NO. The lowest BCUT2D eigenvalue weighted by molar-refractivity contribution is 0.733. The number of nitrogens with zero attached hydrogens (tertiary/aromatic N) is 1. The van der Waals surface area contributed by atoms with Gasteiger partial charge < -0.3 is 5.48 Å². The molecule has 0 aliphatic carbocycles. The summed E-state index contributed by atoms with van der Waals surface area (Å²) in [5, 5.41) is 0. The van der Waals surface area contributed by atoms with Crippen molar-refractivity contribution in [2.24, 2.45) is 0 Å². The van der Waals surface area contributed by atoms with Gasteiger partial charge in [0.1, 0.15) is 0 Å². The molecule has 0 fully saturated rings. The second-order valence-corrected chi connectivity index (χ2v) is 3.22. The van der Waals surface area contributed by atoms with E-state index in [0.717, 1.165) is 6.54 Å². The fourth-order valence-electron chi connectivity index (χ4n) is 1.02. The van der Waals surface area contributed by atoms with Crippen LogP contribution in [0.4, 0.5) is 0 Å². The summed E-state index contributed by atoms with van der Waals surface area (Å²) in [7, 11) is 0. The first kappa shape index (κ1) is 16.1. The van der Waals surface area contributed by atoms with Crippen LogP contribution < -0.4 is 0 Å². The Kier molecular flexibility index (Phi) is 11.5. The summed E-state index contributed by atoms with van der Waals surface area (Å²) in [5.74, 6) is 0.709. The third kappa shape index (κ3) is 7.72. The van der Waals surface area contributed by atoms with Crippen molar-refractivity contribution in [2.45, 2.75) is 33.1 Å². The lowest BCUT2D eigenvalue weighted by Gasteiger charge is -2.06. The molecule has 0 bridgehead atoms. The molecule has 1 aromatic rings. The van der Waals surface area contributed by atoms with E-state index in [1.54, 1.807) is 0 Å². The molecule has 1 N–H and O–H groups in total. The van der Waals surface area contributed by atoms with E-state index in [2.05, 4.69) is 55.6 Å². The normalized spacial score (nSPS) is 10.0. The van der Waals surface area contributed by atoms with Crippen LogP contribution in [0, 0.1) is 6.57 Å². The molecule has 0 aliphatic heterocycles. The van der Waals surface area contributed by atoms with Crippen LogP contribution in [0.25, 0.3) is 4.85 Å². The Balaban J connectivity index is 0. The average Bonchev–Trinajstić information content (AvgIpc) is 2.29. The van der Waals surface area contributed by atoms with Gasteiger partial charge in [-0.3, -0.25) is 0 Å². The van der Waals surface area contributed by atoms with E-state index in [1.165, 1.54) is 12.0 Å². The third-order valence-corrected chi connectivity index (χ3v) is 2.16. The topological polar surface area (TPSA) is 34.4 Å². The fourth-order valence-corrected chi connectivity index (χ4v) is 1.02. The van der Waals surface area contributed by atoms with Gasteiger partial charge >= 0.3 is 0 Å². The van der Waals surface area contributed by atoms with Crippen LogP contribution in [0.3, 0.4) is 0 Å². The first-order valence-electron chi connectivity index (χ1n) is 5.17. The van der Waals surface area contributed by atoms with E-state index < -0.39 is 0 Å². The monoisotopic (exact) mass is 207 g/mol. The van der Waals surface area contributed by atoms with Crippen LogP contribution in [-0.4, -0.2) is 12.0 Å². The quantitative estimate of drug-likeness (QED) is 0.722. The van der Waals surface area contributed by atoms with Crippen molar-refractivity contribution in [3.8, 4) is 6.57 Å². The molecule has 15 heavy (non-hydrogen) atoms. The van der Waals surface area contributed by atoms with Crippen molar-refractivity contribution in [1.29, 1.82) is 0 Å². The molecule has 1 unspecified atom stereocenters. The number of hydrogen-bond donors (Lipinski definition) is 0. The Hall–Kier alpha value is -1.33. The highest BCUT2D eigenvalue weighted by Crippen LogP contribution is 2.16. The number of benzene rings is 1. The Morgan fingerprint density at radius 1 is 1.20 bits per heavy atom. The Morgan fingerprint density at radius 2 is 1.67 bits per heavy atom. The third-order valence-electron chi connectivity index (χ3n) is 2.16. The molecule has 1 atom stereocenters. The largest absolute Gasteiger partial charge is 0.870 e. The molecule has 0 aromatic heterocycles. The summed E-state index contributed by atoms with van der Waals surface area (Å²) in [6, 6.07) is 10.6. The first-order chi connectivity index (χ1) is 6.76. The molecule has 0 saturated carbocycles. The van der Waals surface area contributed by atoms with Crippen LogP contribution >= 0.6 is 0 Å². The molecule has 2 nitrogen and oxygen atoms in total. The molecule has 0 saturated heterocycles. The highest BCUT2D eigenvalue weighted by Gasteiger charge is 1.98. The molecular weight excluding hydrogens is 186 g/mol. The van der Waals surface area contributed by atoms with Crippen molar-refractivity contribution in [3.63, 3.8) is 0 Å². The predicted molar refractivity (Wildman–Crippen MR) is 65.9 cm³/mol. The van der Waals surface area contributed by atoms with Crippen molar-refractivity contribution < 1.29 is 5.48 Å². The molecule has 84 valence electrons. The highest BCUT2D eigenvalue weighted by atomic mass is 16.0. The molecule has 1 aromatic carbocycles. The van der Waals surface area contributed by atoms with Gasteiger partial charge in [0.2, 0.25) is 0 Å². The maximum Gasteiger partial charge on any atom is 0.260 e. The minimum atomic E-state index is 0. The second kappa shape index (κ2) is 10.7. The van der Waals surface area contributed by atoms with Crippen LogP contribution in [0.1, 0.15) is 38.7 Å². The molecule has 2 heteroatoms. The van der Waals surface area contributed by atoms with Gasteiger partial charge in [-0.05, 0) is 17.9 Å². The van der Waals surface area contributed by atoms with E-state index in [1.807, 2.05) is 6.92 Å². The average molecular weight is 207 g/mol. The summed E-state index contributed by atoms with van der Waals surface area (Å²) >= 11 is 0. The molecule has 0 aliphatic rings. The minimum Gasteiger partial charge on any atom is -0.870 e. The summed E-state index contributed by atoms with van der Waals surface area (Å²) in [6.45, 7) is 11.7. The van der Waals surface area contributed by atoms with Gasteiger partial charge in [0, 0.05) is 6.92 Å². The summed E-state index contributed by atoms with van der Waals surface area (Å²) in [6.07, 6.45) is 1.23. The van der Waals surface area contributed by atoms with Gasteiger partial charge in [-0.1, -0.05) is 49.0 Å². The van der Waals surface area contributed by atoms with Gasteiger partial charge in [-0.2, -0.15) is 0 Å². The Morgan fingerprint density at radius 3 is 2.00 bits per heavy atom. The zero-order valence-electron chi connectivity index (χ0n) is 9.85. The summed E-state index contributed by atoms with van der Waals surface area (Å²) in [5.41, 5.74) is 1.45. The Labute approximate surface area is 93.1 Å². The maximum absolute atomic E-state index is 4.65. The zero-order valence-corrected chi connectivity index (χ0v) is 9.85. The van der Waals surface area contributed by atoms with E-state index in [-0.39, 0.29) is 5.48 Å². The van der Waals surface area contributed by atoms with Crippen molar-refractivity contribution in [2.75, 3.05) is 6.54 Å². The SMILES string of the molecule is C#[N+]CC.CCC(C)c1ccccc1.[OH-]. The van der Waals surface area contributed by atoms with Gasteiger partial charge in [0.05, 0.1) is 0 Å². The maximum atomic E-state index is 4.65. The van der Waals surface area contributed by atoms with Gasteiger partial charge in [0.15, 0.2) is 0 Å². The lowest BCUT2D eigenvalue weighted by Crippen LogP contribution is -1.88. The van der Waals surface area contributed by atoms with Crippen LogP contribution in [0.15, 0.2) is 30.3 Å². The fraction of sp³-hybridized carbons (Fsp3) is 0.462. The number of rotatable bonds is 2. The zero-order chi connectivity index (χ0) is 10.8. The Bertz CT molecular complexity index is 264. The highest BCUT2D eigenvalue weighted by molar-refractivity contribution is 5.18.